The van der Waals surface area contributed by atoms with E-state index in [1.165, 1.54) is 5.56 Å². The van der Waals surface area contributed by atoms with Crippen LogP contribution in [0.3, 0.4) is 0 Å². The molecule has 1 aliphatic carbocycles. The van der Waals surface area contributed by atoms with Crippen molar-refractivity contribution >= 4 is 29.9 Å². The number of benzene rings is 1. The first kappa shape index (κ1) is 24.2. The molecule has 3 rings (SSSR count). The molecule has 1 saturated carbocycles. The number of rotatable bonds is 6. The van der Waals surface area contributed by atoms with Gasteiger partial charge in [0.2, 0.25) is 0 Å². The minimum Gasteiger partial charge on any atom is -0.497 e. The van der Waals surface area contributed by atoms with Gasteiger partial charge in [-0.15, -0.1) is 24.0 Å². The quantitative estimate of drug-likeness (QED) is 0.307. The maximum atomic E-state index is 9.74. The van der Waals surface area contributed by atoms with Crippen LogP contribution in [-0.2, 0) is 10.2 Å². The number of methoxy groups -OCH3 is 1. The van der Waals surface area contributed by atoms with Gasteiger partial charge in [0.05, 0.1) is 19.8 Å². The highest BCUT2D eigenvalue weighted by Crippen LogP contribution is 2.36. The van der Waals surface area contributed by atoms with E-state index in [1.807, 2.05) is 12.1 Å². The van der Waals surface area contributed by atoms with Crippen molar-refractivity contribution in [2.75, 3.05) is 33.4 Å². The van der Waals surface area contributed by atoms with E-state index in [-0.39, 0.29) is 35.5 Å². The number of halogens is 1. The number of hydrogen-bond acceptors (Lipinski definition) is 4. The van der Waals surface area contributed by atoms with Crippen LogP contribution < -0.4 is 15.4 Å². The van der Waals surface area contributed by atoms with E-state index in [0.29, 0.717) is 6.04 Å². The Bertz CT molecular complexity index is 625. The molecule has 0 spiro atoms. The molecule has 0 unspecified atom stereocenters. The first-order valence-electron chi connectivity index (χ1n) is 10.6. The van der Waals surface area contributed by atoms with Crippen LogP contribution in [0, 0.1) is 0 Å². The molecule has 1 aliphatic heterocycles. The fourth-order valence-electron chi connectivity index (χ4n) is 4.21. The van der Waals surface area contributed by atoms with Gasteiger partial charge in [0.1, 0.15) is 5.75 Å². The highest BCUT2D eigenvalue weighted by Gasteiger charge is 2.34. The van der Waals surface area contributed by atoms with Crippen molar-refractivity contribution < 1.29 is 14.6 Å². The lowest BCUT2D eigenvalue weighted by Crippen LogP contribution is -2.46. The number of aliphatic imine (C=N–C) groups is 1. The molecule has 1 saturated heterocycles. The number of nitrogens with zero attached hydrogens (tertiary/aromatic N) is 1. The van der Waals surface area contributed by atoms with Gasteiger partial charge in [0.15, 0.2) is 5.96 Å². The molecule has 1 aromatic carbocycles. The summed E-state index contributed by atoms with van der Waals surface area (Å²) in [6, 6.07) is 8.79. The molecule has 7 heteroatoms. The third kappa shape index (κ3) is 6.72. The van der Waals surface area contributed by atoms with Crippen molar-refractivity contribution in [2.24, 2.45) is 4.99 Å². The topological polar surface area (TPSA) is 75.1 Å². The Hall–Kier alpha value is -1.06. The van der Waals surface area contributed by atoms with Crippen molar-refractivity contribution in [3.05, 3.63) is 29.8 Å². The van der Waals surface area contributed by atoms with Gasteiger partial charge in [-0.05, 0) is 63.1 Å². The fraction of sp³-hybridized carbons (Fsp3) is 0.682. The third-order valence-corrected chi connectivity index (χ3v) is 6.07. The molecule has 1 aromatic rings. The normalized spacial score (nSPS) is 24.3. The van der Waals surface area contributed by atoms with E-state index in [1.54, 1.807) is 7.11 Å². The van der Waals surface area contributed by atoms with E-state index in [4.69, 9.17) is 14.5 Å². The monoisotopic (exact) mass is 517 g/mol. The van der Waals surface area contributed by atoms with E-state index >= 15 is 0 Å². The van der Waals surface area contributed by atoms with Gasteiger partial charge < -0.3 is 25.2 Å². The van der Waals surface area contributed by atoms with Crippen LogP contribution in [0.1, 0.15) is 51.0 Å². The molecule has 0 radical (unpaired) electrons. The molecule has 0 aromatic heterocycles. The summed E-state index contributed by atoms with van der Waals surface area (Å²) in [5.41, 5.74) is 1.30. The zero-order chi connectivity index (χ0) is 19.8. The maximum absolute atomic E-state index is 9.74. The first-order valence-corrected chi connectivity index (χ1v) is 10.6. The van der Waals surface area contributed by atoms with Crippen molar-refractivity contribution in [1.29, 1.82) is 0 Å². The molecule has 3 N–H and O–H groups in total. The van der Waals surface area contributed by atoms with Gasteiger partial charge in [0.25, 0.3) is 0 Å². The lowest BCUT2D eigenvalue weighted by atomic mass is 9.74. The second-order valence-electron chi connectivity index (χ2n) is 7.97. The highest BCUT2D eigenvalue weighted by molar-refractivity contribution is 14.0. The van der Waals surface area contributed by atoms with Crippen molar-refractivity contribution in [1.82, 2.24) is 10.6 Å². The Kier molecular flexibility index (Phi) is 9.98. The largest absolute Gasteiger partial charge is 0.497 e. The van der Waals surface area contributed by atoms with Crippen molar-refractivity contribution in [2.45, 2.75) is 63.0 Å². The SMILES string of the molecule is CCNC(=NCC1(c2ccc(OC)cc2)CCOCC1)NC1CCC(O)CC1.I. The lowest BCUT2D eigenvalue weighted by molar-refractivity contribution is 0.0530. The Labute approximate surface area is 191 Å². The zero-order valence-corrected chi connectivity index (χ0v) is 20.0. The Balaban J connectivity index is 0.00000300. The summed E-state index contributed by atoms with van der Waals surface area (Å²) in [5.74, 6) is 1.76. The maximum Gasteiger partial charge on any atom is 0.191 e. The van der Waals surface area contributed by atoms with Crippen LogP contribution in [0.2, 0.25) is 0 Å². The van der Waals surface area contributed by atoms with E-state index in [9.17, 15) is 5.11 Å². The Morgan fingerprint density at radius 3 is 2.41 bits per heavy atom. The van der Waals surface area contributed by atoms with Crippen LogP contribution in [-0.4, -0.2) is 56.6 Å². The van der Waals surface area contributed by atoms with E-state index in [0.717, 1.165) is 76.5 Å². The second kappa shape index (κ2) is 12.0. The average Bonchev–Trinajstić information content (AvgIpc) is 2.74. The van der Waals surface area contributed by atoms with Crippen molar-refractivity contribution in [3.8, 4) is 5.75 Å². The van der Waals surface area contributed by atoms with Gasteiger partial charge in [-0.25, -0.2) is 0 Å². The third-order valence-electron chi connectivity index (χ3n) is 6.07. The molecular formula is C22H36IN3O3. The second-order valence-corrected chi connectivity index (χ2v) is 7.97. The minimum absolute atomic E-state index is 0. The summed E-state index contributed by atoms with van der Waals surface area (Å²) in [7, 11) is 1.70. The van der Waals surface area contributed by atoms with Crippen LogP contribution >= 0.6 is 24.0 Å². The molecule has 164 valence electrons. The molecule has 0 amide bonds. The molecular weight excluding hydrogens is 481 g/mol. The summed E-state index contributed by atoms with van der Waals surface area (Å²) in [5, 5.41) is 16.7. The Morgan fingerprint density at radius 1 is 1.17 bits per heavy atom. The minimum atomic E-state index is -0.141. The van der Waals surface area contributed by atoms with Crippen LogP contribution in [0.15, 0.2) is 29.3 Å². The average molecular weight is 517 g/mol. The summed E-state index contributed by atoms with van der Waals surface area (Å²) >= 11 is 0. The first-order chi connectivity index (χ1) is 13.6. The smallest absolute Gasteiger partial charge is 0.191 e. The van der Waals surface area contributed by atoms with Gasteiger partial charge >= 0.3 is 0 Å². The molecule has 29 heavy (non-hydrogen) atoms. The van der Waals surface area contributed by atoms with Gasteiger partial charge in [-0.3, -0.25) is 4.99 Å². The molecule has 6 nitrogen and oxygen atoms in total. The number of aliphatic hydroxyl groups excluding tert-OH is 1. The number of hydrogen-bond donors (Lipinski definition) is 3. The highest BCUT2D eigenvalue weighted by atomic mass is 127. The Morgan fingerprint density at radius 2 is 1.83 bits per heavy atom. The summed E-state index contributed by atoms with van der Waals surface area (Å²) in [6.07, 6.45) is 5.51. The fourth-order valence-corrected chi connectivity index (χ4v) is 4.21. The molecule has 1 heterocycles. The lowest BCUT2D eigenvalue weighted by Gasteiger charge is -2.37. The van der Waals surface area contributed by atoms with Crippen LogP contribution in [0.25, 0.3) is 0 Å². The summed E-state index contributed by atoms with van der Waals surface area (Å²) in [4.78, 5) is 4.99. The van der Waals surface area contributed by atoms with E-state index in [2.05, 4.69) is 29.7 Å². The predicted molar refractivity (Wildman–Crippen MR) is 128 cm³/mol. The van der Waals surface area contributed by atoms with Crippen LogP contribution in [0.5, 0.6) is 5.75 Å². The molecule has 0 bridgehead atoms. The molecule has 2 aliphatic rings. The van der Waals surface area contributed by atoms with Gasteiger partial charge in [-0.1, -0.05) is 12.1 Å². The van der Waals surface area contributed by atoms with Crippen molar-refractivity contribution in [3.63, 3.8) is 0 Å². The predicted octanol–water partition coefficient (Wildman–Crippen LogP) is 3.22. The number of nitrogens with one attached hydrogen (secondary N) is 2. The number of guanidine groups is 1. The molecule has 0 atom stereocenters. The van der Waals surface area contributed by atoms with E-state index < -0.39 is 0 Å². The van der Waals surface area contributed by atoms with Gasteiger partial charge in [0, 0.05) is 31.2 Å². The summed E-state index contributed by atoms with van der Waals surface area (Å²) < 4.78 is 11.0. The zero-order valence-electron chi connectivity index (χ0n) is 17.7. The molecule has 2 fully saturated rings. The van der Waals surface area contributed by atoms with Crippen LogP contribution in [0.4, 0.5) is 0 Å². The number of ether oxygens (including phenoxy) is 2. The summed E-state index contributed by atoms with van der Waals surface area (Å²) in [6.45, 7) is 5.20. The number of aliphatic hydroxyl groups is 1. The van der Waals surface area contributed by atoms with Gasteiger partial charge in [-0.2, -0.15) is 0 Å². The standard InChI is InChI=1S/C22H35N3O3.HI/c1-3-23-21(25-18-6-8-19(26)9-7-18)24-16-22(12-14-28-15-13-22)17-4-10-20(27-2)11-5-17;/h4-5,10-11,18-19,26H,3,6-9,12-16H2,1-2H3,(H2,23,24,25);1H.